The third-order valence-corrected chi connectivity index (χ3v) is 5.19. The molecule has 0 unspecified atom stereocenters. The molecule has 2 amide bonds. The molecule has 2 aromatic carbocycles. The van der Waals surface area contributed by atoms with E-state index in [9.17, 15) is 14.4 Å². The summed E-state index contributed by atoms with van der Waals surface area (Å²) >= 11 is 0. The minimum Gasteiger partial charge on any atom is -0.469 e. The van der Waals surface area contributed by atoms with Crippen LogP contribution in [0.2, 0.25) is 0 Å². The molecule has 0 radical (unpaired) electrons. The Morgan fingerprint density at radius 2 is 1.45 bits per heavy atom. The second-order valence-corrected chi connectivity index (χ2v) is 7.44. The SMILES string of the molecule is COC(=O)C[C@@]1(NC(=O)OCc2ccccc2)C[C@H]1CNC(=O)OCc1ccccc1. The Kier molecular flexibility index (Phi) is 7.48. The second kappa shape index (κ2) is 10.5. The lowest BCUT2D eigenvalue weighted by molar-refractivity contribution is -0.141. The van der Waals surface area contributed by atoms with Crippen molar-refractivity contribution in [1.29, 1.82) is 0 Å². The molecule has 8 heteroatoms. The number of ether oxygens (including phenoxy) is 3. The number of rotatable bonds is 9. The number of carbonyl (C=O) groups excluding carboxylic acids is 3. The molecule has 3 rings (SSSR count). The molecule has 0 heterocycles. The van der Waals surface area contributed by atoms with Crippen molar-refractivity contribution in [3.63, 3.8) is 0 Å². The van der Waals surface area contributed by atoms with Crippen LogP contribution in [0.1, 0.15) is 24.0 Å². The third-order valence-electron chi connectivity index (χ3n) is 5.19. The molecular formula is C23H26N2O6. The highest BCUT2D eigenvalue weighted by Gasteiger charge is 2.57. The summed E-state index contributed by atoms with van der Waals surface area (Å²) in [7, 11) is 1.29. The molecular weight excluding hydrogens is 400 g/mol. The average Bonchev–Trinajstić information content (AvgIpc) is 3.47. The molecule has 0 saturated heterocycles. The Morgan fingerprint density at radius 3 is 2.00 bits per heavy atom. The van der Waals surface area contributed by atoms with Gasteiger partial charge < -0.3 is 24.8 Å². The van der Waals surface area contributed by atoms with E-state index in [0.29, 0.717) is 6.42 Å². The summed E-state index contributed by atoms with van der Waals surface area (Å²) in [6, 6.07) is 18.6. The van der Waals surface area contributed by atoms with Crippen molar-refractivity contribution in [2.75, 3.05) is 13.7 Å². The Hall–Kier alpha value is -3.55. The molecule has 1 saturated carbocycles. The summed E-state index contributed by atoms with van der Waals surface area (Å²) in [5, 5.41) is 5.47. The first-order chi connectivity index (χ1) is 15.0. The van der Waals surface area contributed by atoms with Crippen LogP contribution in [0.15, 0.2) is 60.7 Å². The fraction of sp³-hybridized carbons (Fsp3) is 0.348. The van der Waals surface area contributed by atoms with Crippen molar-refractivity contribution in [2.24, 2.45) is 5.92 Å². The standard InChI is InChI=1S/C23H26N2O6/c1-29-20(26)13-23(25-22(28)31-16-18-10-6-3-7-11-18)12-19(23)14-24-21(27)30-15-17-8-4-2-5-9-17/h2-11,19H,12-16H2,1H3,(H,24,27)(H,25,28)/t19-,23-/m0/s1. The van der Waals surface area contributed by atoms with Gasteiger partial charge in [-0.1, -0.05) is 60.7 Å². The van der Waals surface area contributed by atoms with Crippen LogP contribution >= 0.6 is 0 Å². The monoisotopic (exact) mass is 426 g/mol. The molecule has 164 valence electrons. The number of carbonyl (C=O) groups is 3. The predicted octanol–water partition coefficient (Wildman–Crippen LogP) is 3.16. The fourth-order valence-electron chi connectivity index (χ4n) is 3.33. The van der Waals surface area contributed by atoms with Gasteiger partial charge >= 0.3 is 18.2 Å². The highest BCUT2D eigenvalue weighted by atomic mass is 16.6. The lowest BCUT2D eigenvalue weighted by atomic mass is 10.1. The molecule has 2 N–H and O–H groups in total. The molecule has 1 fully saturated rings. The summed E-state index contributed by atoms with van der Waals surface area (Å²) in [4.78, 5) is 36.1. The highest BCUT2D eigenvalue weighted by molar-refractivity contribution is 5.75. The second-order valence-electron chi connectivity index (χ2n) is 7.44. The van der Waals surface area contributed by atoms with Gasteiger partial charge in [0.15, 0.2) is 0 Å². The number of benzene rings is 2. The minimum atomic E-state index is -0.812. The van der Waals surface area contributed by atoms with Gasteiger partial charge in [0, 0.05) is 12.5 Å². The van der Waals surface area contributed by atoms with Crippen molar-refractivity contribution in [3.8, 4) is 0 Å². The predicted molar refractivity (Wildman–Crippen MR) is 112 cm³/mol. The first-order valence-corrected chi connectivity index (χ1v) is 10.0. The van der Waals surface area contributed by atoms with E-state index in [4.69, 9.17) is 14.2 Å². The topological polar surface area (TPSA) is 103 Å². The van der Waals surface area contributed by atoms with E-state index in [2.05, 4.69) is 10.6 Å². The molecule has 0 bridgehead atoms. The Morgan fingerprint density at radius 1 is 0.903 bits per heavy atom. The van der Waals surface area contributed by atoms with Crippen molar-refractivity contribution in [2.45, 2.75) is 31.6 Å². The Balaban J connectivity index is 1.47. The molecule has 31 heavy (non-hydrogen) atoms. The maximum absolute atomic E-state index is 12.3. The zero-order valence-electron chi connectivity index (χ0n) is 17.3. The Labute approximate surface area is 180 Å². The Bertz CT molecular complexity index is 889. The third kappa shape index (κ3) is 6.74. The van der Waals surface area contributed by atoms with E-state index in [-0.39, 0.29) is 32.1 Å². The van der Waals surface area contributed by atoms with Crippen LogP contribution in [0.25, 0.3) is 0 Å². The quantitative estimate of drug-likeness (QED) is 0.472. The van der Waals surface area contributed by atoms with E-state index in [1.54, 1.807) is 0 Å². The minimum absolute atomic E-state index is 0.00462. The maximum Gasteiger partial charge on any atom is 0.407 e. The molecule has 8 nitrogen and oxygen atoms in total. The first-order valence-electron chi connectivity index (χ1n) is 10.0. The first kappa shape index (κ1) is 22.1. The van der Waals surface area contributed by atoms with Gasteiger partial charge in [-0.3, -0.25) is 4.79 Å². The molecule has 1 aliphatic carbocycles. The van der Waals surface area contributed by atoms with Gasteiger partial charge in [0.2, 0.25) is 0 Å². The number of nitrogens with one attached hydrogen (secondary N) is 2. The van der Waals surface area contributed by atoms with E-state index in [1.807, 2.05) is 60.7 Å². The van der Waals surface area contributed by atoms with Gasteiger partial charge in [-0.15, -0.1) is 0 Å². The van der Waals surface area contributed by atoms with Crippen molar-refractivity contribution < 1.29 is 28.6 Å². The lowest BCUT2D eigenvalue weighted by Gasteiger charge is -2.18. The fourth-order valence-corrected chi connectivity index (χ4v) is 3.33. The van der Waals surface area contributed by atoms with Crippen LogP contribution < -0.4 is 10.6 Å². The zero-order valence-corrected chi connectivity index (χ0v) is 17.3. The smallest absolute Gasteiger partial charge is 0.407 e. The summed E-state index contributed by atoms with van der Waals surface area (Å²) in [6.45, 7) is 0.536. The molecule has 0 aromatic heterocycles. The number of alkyl carbamates (subject to hydrolysis) is 2. The average molecular weight is 426 g/mol. The van der Waals surface area contributed by atoms with Crippen LogP contribution in [-0.2, 0) is 32.2 Å². The summed E-state index contributed by atoms with van der Waals surface area (Å²) in [5.41, 5.74) is 0.926. The summed E-state index contributed by atoms with van der Waals surface area (Å²) in [6.07, 6.45) is -0.673. The molecule has 2 atom stereocenters. The highest BCUT2D eigenvalue weighted by Crippen LogP contribution is 2.46. The number of esters is 1. The molecule has 0 spiro atoms. The van der Waals surface area contributed by atoms with Crippen molar-refractivity contribution >= 4 is 18.2 Å². The molecule has 0 aliphatic heterocycles. The zero-order chi connectivity index (χ0) is 22.1. The van der Waals surface area contributed by atoms with Gasteiger partial charge in [-0.25, -0.2) is 9.59 Å². The number of hydrogen-bond acceptors (Lipinski definition) is 6. The van der Waals surface area contributed by atoms with Crippen LogP contribution in [0.4, 0.5) is 9.59 Å². The lowest BCUT2D eigenvalue weighted by Crippen LogP contribution is -2.42. The van der Waals surface area contributed by atoms with E-state index < -0.39 is 23.7 Å². The number of methoxy groups -OCH3 is 1. The van der Waals surface area contributed by atoms with Gasteiger partial charge in [0.05, 0.1) is 19.1 Å². The van der Waals surface area contributed by atoms with Crippen molar-refractivity contribution in [3.05, 3.63) is 71.8 Å². The van der Waals surface area contributed by atoms with E-state index in [1.165, 1.54) is 7.11 Å². The van der Waals surface area contributed by atoms with E-state index in [0.717, 1.165) is 11.1 Å². The summed E-state index contributed by atoms with van der Waals surface area (Å²) < 4.78 is 15.2. The van der Waals surface area contributed by atoms with Gasteiger partial charge in [-0.2, -0.15) is 0 Å². The van der Waals surface area contributed by atoms with Crippen molar-refractivity contribution in [1.82, 2.24) is 10.6 Å². The van der Waals surface area contributed by atoms with Gasteiger partial charge in [-0.05, 0) is 17.5 Å². The largest absolute Gasteiger partial charge is 0.469 e. The van der Waals surface area contributed by atoms with Crippen LogP contribution in [0.5, 0.6) is 0 Å². The maximum atomic E-state index is 12.3. The van der Waals surface area contributed by atoms with E-state index >= 15 is 0 Å². The normalized spacial score (nSPS) is 19.1. The van der Waals surface area contributed by atoms with Gasteiger partial charge in [0.1, 0.15) is 13.2 Å². The van der Waals surface area contributed by atoms with Crippen LogP contribution in [-0.4, -0.2) is 37.3 Å². The molecule has 2 aromatic rings. The number of hydrogen-bond donors (Lipinski definition) is 2. The molecule has 1 aliphatic rings. The van der Waals surface area contributed by atoms with Crippen LogP contribution in [0, 0.1) is 5.92 Å². The van der Waals surface area contributed by atoms with Crippen LogP contribution in [0.3, 0.4) is 0 Å². The summed E-state index contributed by atoms with van der Waals surface area (Å²) in [5.74, 6) is -0.585. The number of amides is 2. The van der Waals surface area contributed by atoms with Gasteiger partial charge in [0.25, 0.3) is 0 Å².